The van der Waals surface area contributed by atoms with E-state index in [1.165, 1.54) is 0 Å². The van der Waals surface area contributed by atoms with E-state index in [0.717, 1.165) is 37.9 Å². The van der Waals surface area contributed by atoms with E-state index in [1.807, 2.05) is 17.9 Å². The Kier molecular flexibility index (Phi) is 8.58. The van der Waals surface area contributed by atoms with Gasteiger partial charge in [0.2, 0.25) is 11.8 Å². The number of likely N-dealkylation sites (tertiary alicyclic amines) is 1. The van der Waals surface area contributed by atoms with Crippen molar-refractivity contribution in [2.45, 2.75) is 44.6 Å². The SMILES string of the molecule is COCCC(=O)N1CCO[C@](COc2ccc(Cl)c(C)c2)(CC(=O)N2CCCCC2)C1. The second-order valence-corrected chi connectivity index (χ2v) is 8.81. The van der Waals surface area contributed by atoms with Gasteiger partial charge in [-0.2, -0.15) is 0 Å². The van der Waals surface area contributed by atoms with Crippen LogP contribution in [0.3, 0.4) is 0 Å². The summed E-state index contributed by atoms with van der Waals surface area (Å²) >= 11 is 6.12. The summed E-state index contributed by atoms with van der Waals surface area (Å²) in [6, 6.07) is 5.47. The lowest BCUT2D eigenvalue weighted by atomic mass is 9.96. The van der Waals surface area contributed by atoms with Crippen LogP contribution in [0.15, 0.2) is 18.2 Å². The van der Waals surface area contributed by atoms with E-state index >= 15 is 0 Å². The Morgan fingerprint density at radius 2 is 1.90 bits per heavy atom. The molecule has 1 aromatic rings. The number of nitrogens with zero attached hydrogens (tertiary/aromatic N) is 2. The third-order valence-electron chi connectivity index (χ3n) is 5.93. The minimum atomic E-state index is -0.886. The molecule has 0 N–H and O–H groups in total. The molecule has 2 aliphatic heterocycles. The summed E-state index contributed by atoms with van der Waals surface area (Å²) < 4.78 is 17.3. The predicted octanol–water partition coefficient (Wildman–Crippen LogP) is 3.06. The zero-order valence-electron chi connectivity index (χ0n) is 18.5. The van der Waals surface area contributed by atoms with Crippen LogP contribution in [0.25, 0.3) is 0 Å². The molecule has 0 aromatic heterocycles. The van der Waals surface area contributed by atoms with Crippen molar-refractivity contribution in [3.8, 4) is 5.75 Å². The fraction of sp³-hybridized carbons (Fsp3) is 0.652. The molecule has 0 aliphatic carbocycles. The smallest absolute Gasteiger partial charge is 0.225 e. The van der Waals surface area contributed by atoms with Gasteiger partial charge in [0.1, 0.15) is 18.0 Å². The standard InChI is InChI=1S/C23H33ClN2O5/c1-18-14-19(6-7-20(18)24)30-17-23(15-22(28)25-9-4-3-5-10-25)16-26(11-13-31-23)21(27)8-12-29-2/h6-7,14H,3-5,8-13,15-17H2,1-2H3/t23-/m1/s1. The lowest BCUT2D eigenvalue weighted by Gasteiger charge is -2.43. The third kappa shape index (κ3) is 6.57. The van der Waals surface area contributed by atoms with Crippen LogP contribution < -0.4 is 4.74 Å². The molecule has 0 spiro atoms. The highest BCUT2D eigenvalue weighted by molar-refractivity contribution is 6.31. The lowest BCUT2D eigenvalue weighted by Crippen LogP contribution is -2.58. The second-order valence-electron chi connectivity index (χ2n) is 8.41. The van der Waals surface area contributed by atoms with Crippen LogP contribution in [-0.2, 0) is 19.1 Å². The molecule has 0 radical (unpaired) electrons. The largest absolute Gasteiger partial charge is 0.490 e. The van der Waals surface area contributed by atoms with Gasteiger partial charge in [-0.05, 0) is 49.9 Å². The monoisotopic (exact) mass is 452 g/mol. The summed E-state index contributed by atoms with van der Waals surface area (Å²) in [6.45, 7) is 5.22. The van der Waals surface area contributed by atoms with E-state index < -0.39 is 5.60 Å². The van der Waals surface area contributed by atoms with Crippen LogP contribution in [0.1, 0.15) is 37.7 Å². The number of methoxy groups -OCH3 is 1. The van der Waals surface area contributed by atoms with Gasteiger partial charge < -0.3 is 24.0 Å². The minimum Gasteiger partial charge on any atom is -0.490 e. The molecule has 2 fully saturated rings. The highest BCUT2D eigenvalue weighted by Gasteiger charge is 2.42. The maximum atomic E-state index is 13.1. The van der Waals surface area contributed by atoms with E-state index in [0.29, 0.717) is 43.5 Å². The fourth-order valence-corrected chi connectivity index (χ4v) is 4.22. The maximum absolute atomic E-state index is 13.1. The molecule has 2 aliphatic rings. The molecule has 1 aromatic carbocycles. The van der Waals surface area contributed by atoms with Crippen LogP contribution in [0.2, 0.25) is 5.02 Å². The van der Waals surface area contributed by atoms with E-state index in [4.69, 9.17) is 25.8 Å². The first-order valence-corrected chi connectivity index (χ1v) is 11.4. The van der Waals surface area contributed by atoms with Gasteiger partial charge in [-0.25, -0.2) is 0 Å². The molecule has 0 saturated carbocycles. The Balaban J connectivity index is 1.74. The Labute approximate surface area is 189 Å². The molecule has 2 amide bonds. The summed E-state index contributed by atoms with van der Waals surface area (Å²) in [6.07, 6.45) is 3.72. The number of carbonyl (C=O) groups excluding carboxylic acids is 2. The molecule has 0 bridgehead atoms. The molecule has 1 atom stereocenters. The Hall–Kier alpha value is -1.83. The topological polar surface area (TPSA) is 68.3 Å². The lowest BCUT2D eigenvalue weighted by molar-refractivity contribution is -0.166. The van der Waals surface area contributed by atoms with Gasteiger partial charge >= 0.3 is 0 Å². The van der Waals surface area contributed by atoms with Crippen molar-refractivity contribution in [1.29, 1.82) is 0 Å². The van der Waals surface area contributed by atoms with Crippen LogP contribution in [0.5, 0.6) is 5.75 Å². The number of benzene rings is 1. The molecule has 31 heavy (non-hydrogen) atoms. The number of hydrogen-bond acceptors (Lipinski definition) is 5. The first-order valence-electron chi connectivity index (χ1n) is 11.0. The third-order valence-corrected chi connectivity index (χ3v) is 6.36. The van der Waals surface area contributed by atoms with Gasteiger partial charge in [-0.1, -0.05) is 11.6 Å². The number of ether oxygens (including phenoxy) is 3. The Morgan fingerprint density at radius 3 is 2.61 bits per heavy atom. The summed E-state index contributed by atoms with van der Waals surface area (Å²) in [5.74, 6) is 0.724. The summed E-state index contributed by atoms with van der Waals surface area (Å²) in [5, 5.41) is 0.672. The predicted molar refractivity (Wildman–Crippen MR) is 118 cm³/mol. The van der Waals surface area contributed by atoms with Gasteiger partial charge in [0.05, 0.1) is 32.6 Å². The van der Waals surface area contributed by atoms with Crippen LogP contribution in [0.4, 0.5) is 0 Å². The highest BCUT2D eigenvalue weighted by Crippen LogP contribution is 2.28. The van der Waals surface area contributed by atoms with Crippen LogP contribution in [0, 0.1) is 6.92 Å². The highest BCUT2D eigenvalue weighted by atomic mass is 35.5. The molecular weight excluding hydrogens is 420 g/mol. The van der Waals surface area contributed by atoms with Crippen molar-refractivity contribution in [2.24, 2.45) is 0 Å². The van der Waals surface area contributed by atoms with Gasteiger partial charge in [-0.15, -0.1) is 0 Å². The zero-order valence-corrected chi connectivity index (χ0v) is 19.3. The number of carbonyl (C=O) groups is 2. The average molecular weight is 453 g/mol. The van der Waals surface area contributed by atoms with Crippen molar-refractivity contribution >= 4 is 23.4 Å². The summed E-state index contributed by atoms with van der Waals surface area (Å²) in [5.41, 5.74) is 0.0295. The number of rotatable bonds is 8. The quantitative estimate of drug-likeness (QED) is 0.606. The molecule has 0 unspecified atom stereocenters. The fourth-order valence-electron chi connectivity index (χ4n) is 4.10. The summed E-state index contributed by atoms with van der Waals surface area (Å²) in [4.78, 5) is 29.4. The van der Waals surface area contributed by atoms with Crippen molar-refractivity contribution in [3.05, 3.63) is 28.8 Å². The second kappa shape index (κ2) is 11.2. The van der Waals surface area contributed by atoms with E-state index in [2.05, 4.69) is 0 Å². The normalized spacial score (nSPS) is 21.8. The number of piperidine rings is 1. The average Bonchev–Trinajstić information content (AvgIpc) is 2.79. The molecule has 2 saturated heterocycles. The molecule has 172 valence electrons. The zero-order chi connectivity index (χ0) is 22.3. The Bertz CT molecular complexity index is 768. The van der Waals surface area contributed by atoms with Gasteiger partial charge in [0.25, 0.3) is 0 Å². The first-order chi connectivity index (χ1) is 14.9. The number of morpholine rings is 1. The van der Waals surface area contributed by atoms with Gasteiger partial charge in [0, 0.05) is 31.8 Å². The van der Waals surface area contributed by atoms with Crippen LogP contribution >= 0.6 is 11.6 Å². The number of hydrogen-bond donors (Lipinski definition) is 0. The molecule has 3 rings (SSSR count). The number of aryl methyl sites for hydroxylation is 1. The molecule has 7 nitrogen and oxygen atoms in total. The van der Waals surface area contributed by atoms with Crippen molar-refractivity contribution in [3.63, 3.8) is 0 Å². The minimum absolute atomic E-state index is 0.00211. The molecular formula is C23H33ClN2O5. The molecule has 8 heteroatoms. The van der Waals surface area contributed by atoms with Crippen LogP contribution in [-0.4, -0.2) is 80.3 Å². The van der Waals surface area contributed by atoms with E-state index in [1.54, 1.807) is 24.1 Å². The number of amides is 2. The Morgan fingerprint density at radius 1 is 1.13 bits per heavy atom. The number of halogens is 1. The first kappa shape index (κ1) is 23.8. The maximum Gasteiger partial charge on any atom is 0.225 e. The van der Waals surface area contributed by atoms with Gasteiger partial charge in [0.15, 0.2) is 0 Å². The van der Waals surface area contributed by atoms with E-state index in [-0.39, 0.29) is 24.8 Å². The summed E-state index contributed by atoms with van der Waals surface area (Å²) in [7, 11) is 1.58. The molecule has 2 heterocycles. The van der Waals surface area contributed by atoms with E-state index in [9.17, 15) is 9.59 Å². The van der Waals surface area contributed by atoms with Crippen molar-refractivity contribution < 1.29 is 23.8 Å². The van der Waals surface area contributed by atoms with Gasteiger partial charge in [-0.3, -0.25) is 9.59 Å². The van der Waals surface area contributed by atoms with Crippen molar-refractivity contribution in [2.75, 3.05) is 53.1 Å². The van der Waals surface area contributed by atoms with Crippen molar-refractivity contribution in [1.82, 2.24) is 9.80 Å².